The van der Waals surface area contributed by atoms with Gasteiger partial charge in [-0.1, -0.05) is 45.0 Å². The number of nitrogens with one attached hydrogen (secondary N) is 1. The quantitative estimate of drug-likeness (QED) is 0.830. The molecule has 1 fully saturated rings. The summed E-state index contributed by atoms with van der Waals surface area (Å²) in [6.07, 6.45) is 2.03. The second-order valence-electron chi connectivity index (χ2n) is 6.49. The van der Waals surface area contributed by atoms with E-state index in [1.807, 2.05) is 12.1 Å². The Balaban J connectivity index is 2.19. The van der Waals surface area contributed by atoms with Crippen molar-refractivity contribution in [3.63, 3.8) is 0 Å². The highest BCUT2D eigenvalue weighted by atomic mass is 16.2. The minimum atomic E-state index is -0.183. The minimum absolute atomic E-state index is 0.160. The zero-order valence-corrected chi connectivity index (χ0v) is 11.8. The highest BCUT2D eigenvalue weighted by Gasteiger charge is 2.28. The highest BCUT2D eigenvalue weighted by Crippen LogP contribution is 2.27. The van der Waals surface area contributed by atoms with Crippen molar-refractivity contribution in [2.24, 2.45) is 5.41 Å². The first-order valence-electron chi connectivity index (χ1n) is 6.78. The summed E-state index contributed by atoms with van der Waals surface area (Å²) in [5.41, 5.74) is 2.49. The van der Waals surface area contributed by atoms with E-state index in [2.05, 4.69) is 38.2 Å². The Morgan fingerprint density at radius 3 is 2.63 bits per heavy atom. The fraction of sp³-hybridized carbons (Fsp3) is 0.500. The summed E-state index contributed by atoms with van der Waals surface area (Å²) in [6.45, 7) is 6.60. The van der Waals surface area contributed by atoms with E-state index >= 15 is 0 Å². The Labute approximate surface area is 114 Å². The maximum atomic E-state index is 11.9. The van der Waals surface area contributed by atoms with Crippen molar-refractivity contribution in [2.45, 2.75) is 46.0 Å². The number of carbonyl (C=O) groups excluding carboxylic acids is 2. The average molecular weight is 259 g/mol. The molecule has 1 aliphatic rings. The number of hydrogen-bond donors (Lipinski definition) is 1. The van der Waals surface area contributed by atoms with Crippen molar-refractivity contribution in [1.82, 2.24) is 5.32 Å². The third-order valence-electron chi connectivity index (χ3n) is 3.33. The molecule has 1 aromatic carbocycles. The van der Waals surface area contributed by atoms with Crippen LogP contribution in [0, 0.1) is 5.41 Å². The lowest BCUT2D eigenvalue weighted by atomic mass is 9.85. The van der Waals surface area contributed by atoms with E-state index in [4.69, 9.17) is 0 Å². The van der Waals surface area contributed by atoms with Gasteiger partial charge in [-0.15, -0.1) is 0 Å². The normalized spacial score (nSPS) is 20.3. The molecular formula is C16H21NO2. The molecule has 19 heavy (non-hydrogen) atoms. The molecule has 0 bridgehead atoms. The molecule has 1 aliphatic heterocycles. The number of benzene rings is 1. The van der Waals surface area contributed by atoms with Gasteiger partial charge in [0.2, 0.25) is 11.8 Å². The predicted octanol–water partition coefficient (Wildman–Crippen LogP) is 2.80. The van der Waals surface area contributed by atoms with Crippen LogP contribution in [-0.2, 0) is 16.0 Å². The van der Waals surface area contributed by atoms with Crippen molar-refractivity contribution in [3.8, 4) is 0 Å². The van der Waals surface area contributed by atoms with Crippen LogP contribution >= 0.6 is 0 Å². The highest BCUT2D eigenvalue weighted by molar-refractivity contribution is 6.00. The van der Waals surface area contributed by atoms with Crippen LogP contribution in [0.5, 0.6) is 0 Å². The zero-order valence-electron chi connectivity index (χ0n) is 11.8. The lowest BCUT2D eigenvalue weighted by Gasteiger charge is -2.23. The van der Waals surface area contributed by atoms with Crippen LogP contribution in [0.4, 0.5) is 0 Å². The standard InChI is InChI=1S/C16H21NO2/c1-16(2,3)10-11-5-4-6-12(9-11)13-7-8-14(18)17-15(13)19/h4-6,9,13H,7-8,10H2,1-3H3,(H,17,18,19). The van der Waals surface area contributed by atoms with Crippen molar-refractivity contribution in [1.29, 1.82) is 0 Å². The number of piperidine rings is 1. The fourth-order valence-corrected chi connectivity index (χ4v) is 2.54. The molecule has 1 atom stereocenters. The first kappa shape index (κ1) is 13.8. The maximum absolute atomic E-state index is 11.9. The van der Waals surface area contributed by atoms with Gasteiger partial charge in [0.25, 0.3) is 0 Å². The van der Waals surface area contributed by atoms with Crippen LogP contribution in [-0.4, -0.2) is 11.8 Å². The lowest BCUT2D eigenvalue weighted by molar-refractivity contribution is -0.134. The molecule has 2 amide bonds. The molecule has 1 unspecified atom stereocenters. The summed E-state index contributed by atoms with van der Waals surface area (Å²) in [5.74, 6) is -0.506. The summed E-state index contributed by atoms with van der Waals surface area (Å²) in [4.78, 5) is 23.0. The van der Waals surface area contributed by atoms with Crippen LogP contribution in [0.2, 0.25) is 0 Å². The van der Waals surface area contributed by atoms with Crippen LogP contribution in [0.15, 0.2) is 24.3 Å². The molecule has 3 heteroatoms. The molecule has 0 radical (unpaired) electrons. The number of imide groups is 1. The smallest absolute Gasteiger partial charge is 0.234 e. The van der Waals surface area contributed by atoms with Crippen LogP contribution < -0.4 is 5.32 Å². The van der Waals surface area contributed by atoms with Crippen molar-refractivity contribution in [3.05, 3.63) is 35.4 Å². The molecule has 3 nitrogen and oxygen atoms in total. The lowest BCUT2D eigenvalue weighted by Crippen LogP contribution is -2.39. The molecule has 0 aromatic heterocycles. The van der Waals surface area contributed by atoms with Gasteiger partial charge in [-0.25, -0.2) is 0 Å². The van der Waals surface area contributed by atoms with Gasteiger partial charge in [-0.3, -0.25) is 14.9 Å². The summed E-state index contributed by atoms with van der Waals surface area (Å²) in [5, 5.41) is 2.42. The minimum Gasteiger partial charge on any atom is -0.296 e. The Kier molecular flexibility index (Phi) is 3.74. The summed E-state index contributed by atoms with van der Waals surface area (Å²) in [7, 11) is 0. The van der Waals surface area contributed by atoms with Crippen LogP contribution in [0.1, 0.15) is 50.7 Å². The Bertz CT molecular complexity index is 500. The largest absolute Gasteiger partial charge is 0.296 e. The predicted molar refractivity (Wildman–Crippen MR) is 74.7 cm³/mol. The van der Waals surface area contributed by atoms with Crippen molar-refractivity contribution >= 4 is 11.8 Å². The van der Waals surface area contributed by atoms with E-state index in [0.29, 0.717) is 12.8 Å². The van der Waals surface area contributed by atoms with Gasteiger partial charge in [0.15, 0.2) is 0 Å². The third kappa shape index (κ3) is 3.66. The zero-order chi connectivity index (χ0) is 14.0. The van der Waals surface area contributed by atoms with E-state index in [9.17, 15) is 9.59 Å². The van der Waals surface area contributed by atoms with E-state index < -0.39 is 0 Å². The summed E-state index contributed by atoms with van der Waals surface area (Å²) in [6, 6.07) is 8.18. The molecule has 0 saturated carbocycles. The van der Waals surface area contributed by atoms with Crippen molar-refractivity contribution < 1.29 is 9.59 Å². The molecule has 102 valence electrons. The molecule has 1 saturated heterocycles. The summed E-state index contributed by atoms with van der Waals surface area (Å²) >= 11 is 0. The van der Waals surface area contributed by atoms with Gasteiger partial charge in [0.1, 0.15) is 0 Å². The number of amides is 2. The fourth-order valence-electron chi connectivity index (χ4n) is 2.54. The van der Waals surface area contributed by atoms with E-state index in [-0.39, 0.29) is 23.1 Å². The SMILES string of the molecule is CC(C)(C)Cc1cccc(C2CCC(=O)NC2=O)c1. The number of hydrogen-bond acceptors (Lipinski definition) is 2. The van der Waals surface area contributed by atoms with Gasteiger partial charge in [0.05, 0.1) is 5.92 Å². The summed E-state index contributed by atoms with van der Waals surface area (Å²) < 4.78 is 0. The molecule has 0 spiro atoms. The molecule has 0 aliphatic carbocycles. The molecule has 1 N–H and O–H groups in total. The molecule has 2 rings (SSSR count). The van der Waals surface area contributed by atoms with E-state index in [1.165, 1.54) is 5.56 Å². The average Bonchev–Trinajstić information content (AvgIpc) is 2.26. The Hall–Kier alpha value is -1.64. The first-order chi connectivity index (χ1) is 8.85. The second kappa shape index (κ2) is 5.16. The third-order valence-corrected chi connectivity index (χ3v) is 3.33. The molecule has 1 aromatic rings. The van der Waals surface area contributed by atoms with Gasteiger partial charge in [0, 0.05) is 6.42 Å². The van der Waals surface area contributed by atoms with Crippen LogP contribution in [0.25, 0.3) is 0 Å². The van der Waals surface area contributed by atoms with Gasteiger partial charge >= 0.3 is 0 Å². The van der Waals surface area contributed by atoms with E-state index in [1.54, 1.807) is 0 Å². The maximum Gasteiger partial charge on any atom is 0.234 e. The number of carbonyl (C=O) groups is 2. The van der Waals surface area contributed by atoms with Crippen molar-refractivity contribution in [2.75, 3.05) is 0 Å². The topological polar surface area (TPSA) is 46.2 Å². The van der Waals surface area contributed by atoms with E-state index in [0.717, 1.165) is 12.0 Å². The molecular weight excluding hydrogens is 238 g/mol. The second-order valence-corrected chi connectivity index (χ2v) is 6.49. The number of rotatable bonds is 2. The first-order valence-corrected chi connectivity index (χ1v) is 6.78. The Morgan fingerprint density at radius 1 is 1.26 bits per heavy atom. The van der Waals surface area contributed by atoms with Gasteiger partial charge in [-0.2, -0.15) is 0 Å². The van der Waals surface area contributed by atoms with Gasteiger partial charge < -0.3 is 0 Å². The van der Waals surface area contributed by atoms with Crippen LogP contribution in [0.3, 0.4) is 0 Å². The molecule has 1 heterocycles. The Morgan fingerprint density at radius 2 is 2.00 bits per heavy atom. The van der Waals surface area contributed by atoms with Gasteiger partial charge in [-0.05, 0) is 29.4 Å². The monoisotopic (exact) mass is 259 g/mol.